The number of hydrogen-bond acceptors (Lipinski definition) is 3. The molecule has 0 saturated carbocycles. The smallest absolute Gasteiger partial charge is 0.165 e. The molecule has 0 spiro atoms. The van der Waals surface area contributed by atoms with Crippen LogP contribution in [0.1, 0.15) is 28.3 Å². The number of benzene rings is 3. The Morgan fingerprint density at radius 3 is 2.58 bits per heavy atom. The van der Waals surface area contributed by atoms with Crippen LogP contribution in [-0.4, -0.2) is 21.7 Å². The molecule has 3 aromatic carbocycles. The number of hydrogen-bond donors (Lipinski definition) is 2. The lowest BCUT2D eigenvalue weighted by atomic mass is 9.76. The van der Waals surface area contributed by atoms with Crippen LogP contribution in [0.15, 0.2) is 60.7 Å². The fourth-order valence-electron chi connectivity index (χ4n) is 4.58. The van der Waals surface area contributed by atoms with Gasteiger partial charge in [0.1, 0.15) is 0 Å². The number of phenols is 2. The Balaban J connectivity index is 1.63. The van der Waals surface area contributed by atoms with Crippen LogP contribution in [0, 0.1) is 0 Å². The van der Waals surface area contributed by atoms with Crippen molar-refractivity contribution >= 4 is 0 Å². The van der Waals surface area contributed by atoms with Gasteiger partial charge in [0.25, 0.3) is 0 Å². The van der Waals surface area contributed by atoms with E-state index in [0.29, 0.717) is 6.04 Å². The molecule has 2 aliphatic rings. The van der Waals surface area contributed by atoms with Gasteiger partial charge in [0.2, 0.25) is 0 Å². The van der Waals surface area contributed by atoms with E-state index in [1.807, 2.05) is 6.07 Å². The zero-order chi connectivity index (χ0) is 17.7. The second-order valence-corrected chi connectivity index (χ2v) is 7.27. The Morgan fingerprint density at radius 2 is 1.73 bits per heavy atom. The molecule has 3 heteroatoms. The maximum absolute atomic E-state index is 10.5. The van der Waals surface area contributed by atoms with E-state index in [1.54, 1.807) is 6.07 Å². The number of nitrogens with zero attached hydrogens (tertiary/aromatic N) is 1. The van der Waals surface area contributed by atoms with Crippen molar-refractivity contribution in [3.63, 3.8) is 0 Å². The van der Waals surface area contributed by atoms with Crippen LogP contribution in [0.25, 0.3) is 11.1 Å². The molecule has 1 heterocycles. The number of phenolic OH excluding ortho intramolecular Hbond substituents is 2. The second kappa shape index (κ2) is 5.89. The normalized spacial score (nSPS) is 18.2. The molecule has 130 valence electrons. The summed E-state index contributed by atoms with van der Waals surface area (Å²) in [6.07, 6.45) is 1.88. The van der Waals surface area contributed by atoms with Gasteiger partial charge in [0.15, 0.2) is 11.5 Å². The Bertz CT molecular complexity index is 981. The first-order valence-electron chi connectivity index (χ1n) is 9.16. The van der Waals surface area contributed by atoms with Crippen LogP contribution in [0.5, 0.6) is 11.5 Å². The van der Waals surface area contributed by atoms with E-state index < -0.39 is 0 Å². The van der Waals surface area contributed by atoms with Gasteiger partial charge in [-0.3, -0.25) is 4.90 Å². The van der Waals surface area contributed by atoms with E-state index in [0.717, 1.165) is 42.6 Å². The summed E-state index contributed by atoms with van der Waals surface area (Å²) in [5.41, 5.74) is 7.00. The Labute approximate surface area is 153 Å². The minimum Gasteiger partial charge on any atom is -0.504 e. The predicted octanol–water partition coefficient (Wildman–Crippen LogP) is 4.42. The highest BCUT2D eigenvalue weighted by atomic mass is 16.3. The van der Waals surface area contributed by atoms with Gasteiger partial charge in [-0.25, -0.2) is 0 Å². The van der Waals surface area contributed by atoms with Gasteiger partial charge < -0.3 is 10.2 Å². The van der Waals surface area contributed by atoms with E-state index in [4.69, 9.17) is 0 Å². The molecule has 0 radical (unpaired) electrons. The number of aromatic hydroxyl groups is 2. The van der Waals surface area contributed by atoms with Crippen LogP contribution in [0.2, 0.25) is 0 Å². The van der Waals surface area contributed by atoms with Crippen molar-refractivity contribution in [2.45, 2.75) is 25.4 Å². The quantitative estimate of drug-likeness (QED) is 0.677. The van der Waals surface area contributed by atoms with E-state index in [9.17, 15) is 10.2 Å². The molecule has 0 aromatic heterocycles. The van der Waals surface area contributed by atoms with Crippen molar-refractivity contribution in [2.75, 3.05) is 6.54 Å². The molecule has 3 aromatic rings. The molecule has 1 atom stereocenters. The molecule has 5 rings (SSSR count). The van der Waals surface area contributed by atoms with Crippen LogP contribution in [0.3, 0.4) is 0 Å². The minimum atomic E-state index is -0.0447. The summed E-state index contributed by atoms with van der Waals surface area (Å²) in [6, 6.07) is 20.8. The number of rotatable bonds is 2. The topological polar surface area (TPSA) is 43.7 Å². The predicted molar refractivity (Wildman–Crippen MR) is 102 cm³/mol. The average molecular weight is 343 g/mol. The van der Waals surface area contributed by atoms with Crippen molar-refractivity contribution in [3.8, 4) is 22.6 Å². The Morgan fingerprint density at radius 1 is 0.885 bits per heavy atom. The zero-order valence-electron chi connectivity index (χ0n) is 14.5. The first-order valence-corrected chi connectivity index (χ1v) is 9.16. The summed E-state index contributed by atoms with van der Waals surface area (Å²) in [6.45, 7) is 1.97. The highest BCUT2D eigenvalue weighted by Gasteiger charge is 2.35. The van der Waals surface area contributed by atoms with Crippen LogP contribution in [-0.2, 0) is 19.4 Å². The highest BCUT2D eigenvalue weighted by molar-refractivity contribution is 5.82. The number of fused-ring (bicyclic) bond motifs is 2. The maximum Gasteiger partial charge on any atom is 0.165 e. The standard InChI is InChI=1S/C23H21NO2/c25-20-10-9-17-13-19-21-16(7-4-8-18(21)22(17)23(20)26)11-12-24(19)14-15-5-2-1-3-6-15/h1-10,19,25-26H,11-14H2/t19-/m1/s1. The summed E-state index contributed by atoms with van der Waals surface area (Å²) in [7, 11) is 0. The third-order valence-corrected chi connectivity index (χ3v) is 5.79. The lowest BCUT2D eigenvalue weighted by Gasteiger charge is -2.41. The molecule has 0 saturated heterocycles. The zero-order valence-corrected chi connectivity index (χ0v) is 14.5. The van der Waals surface area contributed by atoms with Crippen LogP contribution < -0.4 is 0 Å². The van der Waals surface area contributed by atoms with Gasteiger partial charge in [0.05, 0.1) is 0 Å². The van der Waals surface area contributed by atoms with E-state index >= 15 is 0 Å². The molecular formula is C23H21NO2. The molecular weight excluding hydrogens is 322 g/mol. The van der Waals surface area contributed by atoms with Crippen LogP contribution >= 0.6 is 0 Å². The summed E-state index contributed by atoms with van der Waals surface area (Å²) in [5, 5.41) is 20.5. The van der Waals surface area contributed by atoms with Crippen LogP contribution in [0.4, 0.5) is 0 Å². The van der Waals surface area contributed by atoms with Crippen molar-refractivity contribution in [2.24, 2.45) is 0 Å². The SMILES string of the molecule is Oc1ccc2c(c1O)-c1cccc3c1[C@@H](C2)N(Cc1ccccc1)CC3. The van der Waals surface area contributed by atoms with E-state index in [2.05, 4.69) is 53.4 Å². The fourth-order valence-corrected chi connectivity index (χ4v) is 4.58. The molecule has 1 aliphatic heterocycles. The van der Waals surface area contributed by atoms with Gasteiger partial charge >= 0.3 is 0 Å². The summed E-state index contributed by atoms with van der Waals surface area (Å²) >= 11 is 0. The largest absolute Gasteiger partial charge is 0.504 e. The molecule has 0 unspecified atom stereocenters. The van der Waals surface area contributed by atoms with Crippen molar-refractivity contribution in [1.82, 2.24) is 4.90 Å². The van der Waals surface area contributed by atoms with Crippen molar-refractivity contribution in [3.05, 3.63) is 82.9 Å². The third-order valence-electron chi connectivity index (χ3n) is 5.79. The second-order valence-electron chi connectivity index (χ2n) is 7.27. The lowest BCUT2D eigenvalue weighted by Crippen LogP contribution is -2.38. The fraction of sp³-hybridized carbons (Fsp3) is 0.217. The molecule has 3 nitrogen and oxygen atoms in total. The molecule has 26 heavy (non-hydrogen) atoms. The minimum absolute atomic E-state index is 0.00883. The Kier molecular flexibility index (Phi) is 3.50. The molecule has 0 fully saturated rings. The Hall–Kier alpha value is -2.78. The van der Waals surface area contributed by atoms with E-state index in [-0.39, 0.29) is 11.5 Å². The molecule has 2 N–H and O–H groups in total. The lowest BCUT2D eigenvalue weighted by molar-refractivity contribution is 0.173. The molecule has 0 amide bonds. The van der Waals surface area contributed by atoms with Crippen molar-refractivity contribution < 1.29 is 10.2 Å². The first-order chi connectivity index (χ1) is 12.7. The molecule has 1 aliphatic carbocycles. The monoisotopic (exact) mass is 343 g/mol. The van der Waals surface area contributed by atoms with Gasteiger partial charge in [-0.2, -0.15) is 0 Å². The maximum atomic E-state index is 10.5. The average Bonchev–Trinajstić information content (AvgIpc) is 2.68. The molecule has 0 bridgehead atoms. The van der Waals surface area contributed by atoms with E-state index in [1.165, 1.54) is 16.7 Å². The van der Waals surface area contributed by atoms with Gasteiger partial charge in [-0.1, -0.05) is 54.6 Å². The van der Waals surface area contributed by atoms with Gasteiger partial charge in [-0.05, 0) is 46.7 Å². The van der Waals surface area contributed by atoms with Gasteiger partial charge in [-0.15, -0.1) is 0 Å². The summed E-state index contributed by atoms with van der Waals surface area (Å²) in [5.74, 6) is -0.0358. The first kappa shape index (κ1) is 15.5. The summed E-state index contributed by atoms with van der Waals surface area (Å²) in [4.78, 5) is 2.55. The highest BCUT2D eigenvalue weighted by Crippen LogP contribution is 2.50. The van der Waals surface area contributed by atoms with Crippen molar-refractivity contribution in [1.29, 1.82) is 0 Å². The third kappa shape index (κ3) is 2.31. The van der Waals surface area contributed by atoms with Gasteiger partial charge in [0, 0.05) is 24.7 Å². The summed E-state index contributed by atoms with van der Waals surface area (Å²) < 4.78 is 0.